The topological polar surface area (TPSA) is 49.4 Å². The molecule has 110 valence electrons. The van der Waals surface area contributed by atoms with Crippen LogP contribution in [0.4, 0.5) is 11.4 Å². The molecule has 4 nitrogen and oxygen atoms in total. The number of amides is 2. The Kier molecular flexibility index (Phi) is 3.78. The van der Waals surface area contributed by atoms with E-state index in [1.807, 2.05) is 18.2 Å². The van der Waals surface area contributed by atoms with Crippen LogP contribution in [0.2, 0.25) is 0 Å². The van der Waals surface area contributed by atoms with Gasteiger partial charge in [-0.3, -0.25) is 9.59 Å². The summed E-state index contributed by atoms with van der Waals surface area (Å²) in [7, 11) is 0. The fourth-order valence-electron chi connectivity index (χ4n) is 3.12. The number of hydrogen-bond donors (Lipinski definition) is 1. The Labute approximate surface area is 124 Å². The number of benzene rings is 1. The predicted molar refractivity (Wildman–Crippen MR) is 83.3 cm³/mol. The van der Waals surface area contributed by atoms with Crippen LogP contribution in [0.3, 0.4) is 0 Å². The molecule has 4 heteroatoms. The SMILES string of the molecule is CC(=O)N1CCc2cc(NC(=O)CC3C=CCC3)ccc21. The zero-order valence-corrected chi connectivity index (χ0v) is 12.3. The van der Waals surface area contributed by atoms with E-state index in [9.17, 15) is 9.59 Å². The first-order valence-electron chi connectivity index (χ1n) is 7.51. The van der Waals surface area contributed by atoms with Gasteiger partial charge in [0, 0.05) is 31.3 Å². The lowest BCUT2D eigenvalue weighted by molar-refractivity contribution is -0.117. The fourth-order valence-corrected chi connectivity index (χ4v) is 3.12. The molecular weight excluding hydrogens is 264 g/mol. The molecule has 0 radical (unpaired) electrons. The first kappa shape index (κ1) is 13.9. The van der Waals surface area contributed by atoms with Gasteiger partial charge in [0.1, 0.15) is 0 Å². The standard InChI is InChI=1S/C17H20N2O2/c1-12(20)19-9-8-14-11-15(6-7-16(14)19)18-17(21)10-13-4-2-3-5-13/h2,4,6-7,11,13H,3,5,8-10H2,1H3,(H,18,21). The van der Waals surface area contributed by atoms with Crippen molar-refractivity contribution in [1.82, 2.24) is 0 Å². The summed E-state index contributed by atoms with van der Waals surface area (Å²) in [5, 5.41) is 2.97. The summed E-state index contributed by atoms with van der Waals surface area (Å²) >= 11 is 0. The zero-order valence-electron chi connectivity index (χ0n) is 12.3. The number of anilines is 2. The molecule has 0 fully saturated rings. The maximum absolute atomic E-state index is 12.0. The van der Waals surface area contributed by atoms with Crippen LogP contribution in [0.1, 0.15) is 31.7 Å². The quantitative estimate of drug-likeness (QED) is 0.868. The molecule has 1 aliphatic carbocycles. The Bertz CT molecular complexity index is 607. The zero-order chi connectivity index (χ0) is 14.8. The second kappa shape index (κ2) is 5.72. The van der Waals surface area contributed by atoms with Crippen molar-refractivity contribution in [3.63, 3.8) is 0 Å². The van der Waals surface area contributed by atoms with Gasteiger partial charge in [0.2, 0.25) is 11.8 Å². The van der Waals surface area contributed by atoms with Gasteiger partial charge in [-0.25, -0.2) is 0 Å². The van der Waals surface area contributed by atoms with Gasteiger partial charge in [0.05, 0.1) is 0 Å². The molecule has 1 aromatic rings. The molecular formula is C17H20N2O2. The van der Waals surface area contributed by atoms with Gasteiger partial charge in [-0.15, -0.1) is 0 Å². The molecule has 0 saturated carbocycles. The maximum atomic E-state index is 12.0. The number of rotatable bonds is 3. The smallest absolute Gasteiger partial charge is 0.224 e. The van der Waals surface area contributed by atoms with Crippen molar-refractivity contribution in [1.29, 1.82) is 0 Å². The van der Waals surface area contributed by atoms with Crippen molar-refractivity contribution in [3.8, 4) is 0 Å². The molecule has 21 heavy (non-hydrogen) atoms. The molecule has 1 aliphatic heterocycles. The Morgan fingerprint density at radius 3 is 2.95 bits per heavy atom. The van der Waals surface area contributed by atoms with Crippen LogP contribution in [-0.4, -0.2) is 18.4 Å². The normalized spacial score (nSPS) is 19.7. The van der Waals surface area contributed by atoms with Crippen molar-refractivity contribution in [2.75, 3.05) is 16.8 Å². The number of carbonyl (C=O) groups is 2. The minimum atomic E-state index is 0.0629. The molecule has 3 rings (SSSR count). The summed E-state index contributed by atoms with van der Waals surface area (Å²) in [5.74, 6) is 0.513. The number of fused-ring (bicyclic) bond motifs is 1. The van der Waals surface area contributed by atoms with Crippen LogP contribution in [-0.2, 0) is 16.0 Å². The Balaban J connectivity index is 1.66. The van der Waals surface area contributed by atoms with Gasteiger partial charge in [-0.1, -0.05) is 12.2 Å². The summed E-state index contributed by atoms with van der Waals surface area (Å²) in [6.07, 6.45) is 7.83. The van der Waals surface area contributed by atoms with Crippen LogP contribution >= 0.6 is 0 Å². The van der Waals surface area contributed by atoms with E-state index in [0.29, 0.717) is 12.3 Å². The lowest BCUT2D eigenvalue weighted by Crippen LogP contribution is -2.25. The van der Waals surface area contributed by atoms with Crippen LogP contribution in [0.5, 0.6) is 0 Å². The molecule has 0 bridgehead atoms. The average molecular weight is 284 g/mol. The van der Waals surface area contributed by atoms with E-state index in [-0.39, 0.29) is 11.8 Å². The molecule has 1 atom stereocenters. The van der Waals surface area contributed by atoms with E-state index in [1.54, 1.807) is 11.8 Å². The van der Waals surface area contributed by atoms with Crippen molar-refractivity contribution < 1.29 is 9.59 Å². The summed E-state index contributed by atoms with van der Waals surface area (Å²) < 4.78 is 0. The molecule has 0 aromatic heterocycles. The highest BCUT2D eigenvalue weighted by Crippen LogP contribution is 2.30. The van der Waals surface area contributed by atoms with Crippen LogP contribution in [0.25, 0.3) is 0 Å². The van der Waals surface area contributed by atoms with Gasteiger partial charge in [-0.2, -0.15) is 0 Å². The van der Waals surface area contributed by atoms with Gasteiger partial charge in [-0.05, 0) is 48.9 Å². The van der Waals surface area contributed by atoms with E-state index in [4.69, 9.17) is 0 Å². The molecule has 1 heterocycles. The summed E-state index contributed by atoms with van der Waals surface area (Å²) in [4.78, 5) is 25.3. The van der Waals surface area contributed by atoms with Gasteiger partial charge < -0.3 is 10.2 Å². The highest BCUT2D eigenvalue weighted by molar-refractivity contribution is 5.95. The Morgan fingerprint density at radius 1 is 1.38 bits per heavy atom. The van der Waals surface area contributed by atoms with E-state index in [1.165, 1.54) is 0 Å². The molecule has 1 unspecified atom stereocenters. The fraction of sp³-hybridized carbons (Fsp3) is 0.412. The molecule has 0 spiro atoms. The van der Waals surface area contributed by atoms with E-state index >= 15 is 0 Å². The first-order chi connectivity index (χ1) is 10.1. The summed E-state index contributed by atoms with van der Waals surface area (Å²) in [6.45, 7) is 2.31. The third kappa shape index (κ3) is 2.99. The third-order valence-electron chi connectivity index (χ3n) is 4.20. The monoisotopic (exact) mass is 284 g/mol. The lowest BCUT2D eigenvalue weighted by atomic mass is 10.0. The van der Waals surface area contributed by atoms with Crippen molar-refractivity contribution in [3.05, 3.63) is 35.9 Å². The summed E-state index contributed by atoms with van der Waals surface area (Å²) in [5.41, 5.74) is 2.93. The number of nitrogens with zero attached hydrogens (tertiary/aromatic N) is 1. The highest BCUT2D eigenvalue weighted by atomic mass is 16.2. The van der Waals surface area contributed by atoms with Gasteiger partial charge >= 0.3 is 0 Å². The molecule has 2 aliphatic rings. The van der Waals surface area contributed by atoms with Crippen LogP contribution in [0.15, 0.2) is 30.4 Å². The third-order valence-corrected chi connectivity index (χ3v) is 4.20. The minimum absolute atomic E-state index is 0.0629. The summed E-state index contributed by atoms with van der Waals surface area (Å²) in [6, 6.07) is 5.79. The number of allylic oxidation sites excluding steroid dienone is 2. The maximum Gasteiger partial charge on any atom is 0.224 e. The lowest BCUT2D eigenvalue weighted by Gasteiger charge is -2.15. The average Bonchev–Trinajstić information content (AvgIpc) is 3.06. The highest BCUT2D eigenvalue weighted by Gasteiger charge is 2.22. The molecule has 0 saturated heterocycles. The van der Waals surface area contributed by atoms with E-state index in [0.717, 1.165) is 42.7 Å². The van der Waals surface area contributed by atoms with Crippen molar-refractivity contribution in [2.24, 2.45) is 5.92 Å². The van der Waals surface area contributed by atoms with Gasteiger partial charge in [0.15, 0.2) is 0 Å². The van der Waals surface area contributed by atoms with Crippen LogP contribution < -0.4 is 10.2 Å². The van der Waals surface area contributed by atoms with Crippen LogP contribution in [0, 0.1) is 5.92 Å². The minimum Gasteiger partial charge on any atom is -0.326 e. The van der Waals surface area contributed by atoms with Crippen molar-refractivity contribution in [2.45, 2.75) is 32.6 Å². The largest absolute Gasteiger partial charge is 0.326 e. The Hall–Kier alpha value is -2.10. The van der Waals surface area contributed by atoms with E-state index in [2.05, 4.69) is 17.5 Å². The molecule has 1 N–H and O–H groups in total. The molecule has 1 aromatic carbocycles. The number of carbonyl (C=O) groups excluding carboxylic acids is 2. The van der Waals surface area contributed by atoms with Crippen molar-refractivity contribution >= 4 is 23.2 Å². The second-order valence-electron chi connectivity index (χ2n) is 5.78. The number of nitrogens with one attached hydrogen (secondary N) is 1. The predicted octanol–water partition coefficient (Wildman–Crippen LogP) is 2.89. The van der Waals surface area contributed by atoms with E-state index < -0.39 is 0 Å². The first-order valence-corrected chi connectivity index (χ1v) is 7.51. The number of hydrogen-bond acceptors (Lipinski definition) is 2. The Morgan fingerprint density at radius 2 is 2.24 bits per heavy atom. The second-order valence-corrected chi connectivity index (χ2v) is 5.78. The molecule has 2 amide bonds. The van der Waals surface area contributed by atoms with Gasteiger partial charge in [0.25, 0.3) is 0 Å².